The fraction of sp³-hybridized carbons (Fsp3) is 0.300. The number of nitrogen functional groups attached to an aromatic ring is 1. The minimum Gasteiger partial charge on any atom is -0.396 e. The molecule has 1 aromatic rings. The van der Waals surface area contributed by atoms with Crippen LogP contribution in [0.3, 0.4) is 0 Å². The van der Waals surface area contributed by atoms with Gasteiger partial charge in [-0.05, 0) is 18.4 Å². The third kappa shape index (κ3) is 3.77. The van der Waals surface area contributed by atoms with Gasteiger partial charge in [0.15, 0.2) is 0 Å². The summed E-state index contributed by atoms with van der Waals surface area (Å²) >= 11 is 13.3. The van der Waals surface area contributed by atoms with E-state index in [0.717, 1.165) is 5.75 Å². The molecule has 0 aliphatic rings. The van der Waals surface area contributed by atoms with E-state index < -0.39 is 0 Å². The molecule has 3 nitrogen and oxygen atoms in total. The van der Waals surface area contributed by atoms with Crippen LogP contribution in [0.4, 0.5) is 11.4 Å². The third-order valence-electron chi connectivity index (χ3n) is 1.90. The van der Waals surface area contributed by atoms with Crippen LogP contribution in [0, 0.1) is 0 Å². The fourth-order valence-corrected chi connectivity index (χ4v) is 1.95. The van der Waals surface area contributed by atoms with Crippen LogP contribution >= 0.6 is 35.0 Å². The lowest BCUT2D eigenvalue weighted by Gasteiger charge is -2.08. The number of halogens is 2. The standard InChI is InChI=1S/C10H12Cl2N2OS/c1-16-3-2-9(15)14-6-4-7(11)10(13)8(12)5-6/h4-5H,2-3,13H2,1H3,(H,14,15). The monoisotopic (exact) mass is 278 g/mol. The molecule has 1 rings (SSSR count). The van der Waals surface area contributed by atoms with Gasteiger partial charge in [-0.2, -0.15) is 11.8 Å². The van der Waals surface area contributed by atoms with E-state index in [1.807, 2.05) is 6.26 Å². The highest BCUT2D eigenvalue weighted by molar-refractivity contribution is 7.98. The Morgan fingerprint density at radius 1 is 1.44 bits per heavy atom. The minimum atomic E-state index is -0.0637. The van der Waals surface area contributed by atoms with E-state index in [2.05, 4.69) is 5.32 Å². The van der Waals surface area contributed by atoms with Gasteiger partial charge in [-0.25, -0.2) is 0 Å². The summed E-state index contributed by atoms with van der Waals surface area (Å²) in [4.78, 5) is 11.4. The fourth-order valence-electron chi connectivity index (χ4n) is 1.07. The number of nitrogens with one attached hydrogen (secondary N) is 1. The van der Waals surface area contributed by atoms with Gasteiger partial charge in [-0.3, -0.25) is 4.79 Å². The molecule has 88 valence electrons. The smallest absolute Gasteiger partial charge is 0.225 e. The maximum atomic E-state index is 11.4. The summed E-state index contributed by atoms with van der Waals surface area (Å²) in [5.41, 5.74) is 6.47. The molecule has 0 aromatic heterocycles. The first-order chi connectivity index (χ1) is 7.54. The number of amides is 1. The molecular formula is C10H12Cl2N2OS. The molecule has 0 aliphatic carbocycles. The van der Waals surface area contributed by atoms with Gasteiger partial charge in [0.1, 0.15) is 0 Å². The summed E-state index contributed by atoms with van der Waals surface area (Å²) in [5.74, 6) is 0.716. The minimum absolute atomic E-state index is 0.0637. The second-order valence-corrected chi connectivity index (χ2v) is 4.94. The van der Waals surface area contributed by atoms with E-state index in [-0.39, 0.29) is 5.91 Å². The predicted molar refractivity (Wildman–Crippen MR) is 72.5 cm³/mol. The molecule has 3 N–H and O–H groups in total. The van der Waals surface area contributed by atoms with Crippen molar-refractivity contribution >= 4 is 52.2 Å². The second-order valence-electron chi connectivity index (χ2n) is 3.14. The number of benzene rings is 1. The van der Waals surface area contributed by atoms with Crippen molar-refractivity contribution < 1.29 is 4.79 Å². The van der Waals surface area contributed by atoms with Gasteiger partial charge in [0, 0.05) is 17.9 Å². The van der Waals surface area contributed by atoms with E-state index in [1.165, 1.54) is 0 Å². The van der Waals surface area contributed by atoms with Crippen molar-refractivity contribution in [1.82, 2.24) is 0 Å². The Bertz CT molecular complexity index is 375. The molecule has 6 heteroatoms. The molecular weight excluding hydrogens is 267 g/mol. The van der Waals surface area contributed by atoms with Crippen LogP contribution < -0.4 is 11.1 Å². The lowest BCUT2D eigenvalue weighted by molar-refractivity contribution is -0.115. The molecule has 1 aromatic carbocycles. The van der Waals surface area contributed by atoms with Gasteiger partial charge in [0.2, 0.25) is 5.91 Å². The van der Waals surface area contributed by atoms with Crippen molar-refractivity contribution in [3.63, 3.8) is 0 Å². The first-order valence-electron chi connectivity index (χ1n) is 4.58. The third-order valence-corrected chi connectivity index (χ3v) is 3.13. The van der Waals surface area contributed by atoms with E-state index in [9.17, 15) is 4.79 Å². The van der Waals surface area contributed by atoms with Crippen molar-refractivity contribution in [2.45, 2.75) is 6.42 Å². The van der Waals surface area contributed by atoms with E-state index in [0.29, 0.717) is 27.8 Å². The summed E-state index contributed by atoms with van der Waals surface area (Å²) in [6.45, 7) is 0. The van der Waals surface area contributed by atoms with E-state index >= 15 is 0 Å². The van der Waals surface area contributed by atoms with Crippen LogP contribution in [0.25, 0.3) is 0 Å². The molecule has 0 saturated heterocycles. The highest BCUT2D eigenvalue weighted by atomic mass is 35.5. The van der Waals surface area contributed by atoms with Gasteiger partial charge in [0.05, 0.1) is 15.7 Å². The van der Waals surface area contributed by atoms with Gasteiger partial charge >= 0.3 is 0 Å². The molecule has 0 spiro atoms. The molecule has 0 unspecified atom stereocenters. The molecule has 0 radical (unpaired) electrons. The van der Waals surface area contributed by atoms with Crippen LogP contribution in [-0.4, -0.2) is 17.9 Å². The summed E-state index contributed by atoms with van der Waals surface area (Å²) in [7, 11) is 0. The zero-order valence-electron chi connectivity index (χ0n) is 8.72. The molecule has 0 bridgehead atoms. The molecule has 0 heterocycles. The second kappa shape index (κ2) is 6.23. The largest absolute Gasteiger partial charge is 0.396 e. The normalized spacial score (nSPS) is 10.2. The zero-order chi connectivity index (χ0) is 12.1. The van der Waals surface area contributed by atoms with Crippen molar-refractivity contribution in [2.75, 3.05) is 23.1 Å². The molecule has 0 fully saturated rings. The first kappa shape index (κ1) is 13.5. The Morgan fingerprint density at radius 3 is 2.50 bits per heavy atom. The molecule has 0 saturated carbocycles. The number of hydrogen-bond acceptors (Lipinski definition) is 3. The Balaban J connectivity index is 2.71. The SMILES string of the molecule is CSCCC(=O)Nc1cc(Cl)c(N)c(Cl)c1. The number of carbonyl (C=O) groups excluding carboxylic acids is 1. The van der Waals surface area contributed by atoms with E-state index in [1.54, 1.807) is 23.9 Å². The number of hydrogen-bond donors (Lipinski definition) is 2. The number of nitrogens with two attached hydrogens (primary N) is 1. The van der Waals surface area contributed by atoms with Crippen LogP contribution in [0.15, 0.2) is 12.1 Å². The molecule has 0 atom stereocenters. The molecule has 16 heavy (non-hydrogen) atoms. The van der Waals surface area contributed by atoms with Crippen LogP contribution in [-0.2, 0) is 4.79 Å². The molecule has 0 aliphatic heterocycles. The average Bonchev–Trinajstić information content (AvgIpc) is 2.23. The quantitative estimate of drug-likeness (QED) is 0.832. The summed E-state index contributed by atoms with van der Waals surface area (Å²) in [6, 6.07) is 3.17. The lowest BCUT2D eigenvalue weighted by Crippen LogP contribution is -2.12. The van der Waals surface area contributed by atoms with Crippen molar-refractivity contribution in [2.24, 2.45) is 0 Å². The summed E-state index contributed by atoms with van der Waals surface area (Å²) in [6.07, 6.45) is 2.41. The van der Waals surface area contributed by atoms with Crippen LogP contribution in [0.1, 0.15) is 6.42 Å². The lowest BCUT2D eigenvalue weighted by atomic mass is 10.2. The number of anilines is 2. The molecule has 1 amide bonds. The Morgan fingerprint density at radius 2 is 2.00 bits per heavy atom. The summed E-state index contributed by atoms with van der Waals surface area (Å²) < 4.78 is 0. The zero-order valence-corrected chi connectivity index (χ0v) is 11.0. The topological polar surface area (TPSA) is 55.1 Å². The number of rotatable bonds is 4. The van der Waals surface area contributed by atoms with Crippen LogP contribution in [0.2, 0.25) is 10.0 Å². The number of carbonyl (C=O) groups is 1. The van der Waals surface area contributed by atoms with Gasteiger partial charge in [-0.15, -0.1) is 0 Å². The predicted octanol–water partition coefficient (Wildman–Crippen LogP) is 3.27. The van der Waals surface area contributed by atoms with Gasteiger partial charge in [-0.1, -0.05) is 23.2 Å². The van der Waals surface area contributed by atoms with Crippen molar-refractivity contribution in [3.8, 4) is 0 Å². The average molecular weight is 279 g/mol. The number of thioether (sulfide) groups is 1. The highest BCUT2D eigenvalue weighted by Crippen LogP contribution is 2.31. The maximum Gasteiger partial charge on any atom is 0.225 e. The Kier molecular flexibility index (Phi) is 5.25. The Labute approximate surface area is 109 Å². The highest BCUT2D eigenvalue weighted by Gasteiger charge is 2.07. The summed E-state index contributed by atoms with van der Waals surface area (Å²) in [5, 5.41) is 3.39. The van der Waals surface area contributed by atoms with Gasteiger partial charge in [0.25, 0.3) is 0 Å². The van der Waals surface area contributed by atoms with Crippen molar-refractivity contribution in [3.05, 3.63) is 22.2 Å². The van der Waals surface area contributed by atoms with Gasteiger partial charge < -0.3 is 11.1 Å². The maximum absolute atomic E-state index is 11.4. The first-order valence-corrected chi connectivity index (χ1v) is 6.73. The van der Waals surface area contributed by atoms with Crippen LogP contribution in [0.5, 0.6) is 0 Å². The Hall–Kier alpha value is -0.580. The van der Waals surface area contributed by atoms with E-state index in [4.69, 9.17) is 28.9 Å². The van der Waals surface area contributed by atoms with Crippen molar-refractivity contribution in [1.29, 1.82) is 0 Å².